The summed E-state index contributed by atoms with van der Waals surface area (Å²) in [5.74, 6) is 1.00. The molecule has 82 valence electrons. The van der Waals surface area contributed by atoms with Crippen molar-refractivity contribution in [3.05, 3.63) is 0 Å². The molecule has 1 saturated heterocycles. The maximum atomic E-state index is 3.63. The quantitative estimate of drug-likeness (QED) is 0.738. The van der Waals surface area contributed by atoms with Crippen molar-refractivity contribution in [1.29, 1.82) is 0 Å². The lowest BCUT2D eigenvalue weighted by molar-refractivity contribution is 0.170. The van der Waals surface area contributed by atoms with Gasteiger partial charge in [0, 0.05) is 18.6 Å². The SMILES string of the molecule is CN(CC1CCC1)CC1(C)CCCN1. The molecule has 2 heteroatoms. The molecule has 1 atom stereocenters. The van der Waals surface area contributed by atoms with E-state index in [9.17, 15) is 0 Å². The lowest BCUT2D eigenvalue weighted by Crippen LogP contribution is -2.47. The summed E-state index contributed by atoms with van der Waals surface area (Å²) in [6.45, 7) is 6.13. The monoisotopic (exact) mass is 196 g/mol. The van der Waals surface area contributed by atoms with Crippen LogP contribution in [-0.2, 0) is 0 Å². The Kier molecular flexibility index (Phi) is 3.13. The summed E-state index contributed by atoms with van der Waals surface area (Å²) >= 11 is 0. The largest absolute Gasteiger partial charge is 0.310 e. The molecule has 1 N–H and O–H groups in total. The average Bonchev–Trinajstić information content (AvgIpc) is 2.44. The van der Waals surface area contributed by atoms with Gasteiger partial charge in [-0.1, -0.05) is 6.42 Å². The number of rotatable bonds is 4. The Morgan fingerprint density at radius 3 is 2.64 bits per heavy atom. The summed E-state index contributed by atoms with van der Waals surface area (Å²) in [5, 5.41) is 3.63. The predicted octanol–water partition coefficient (Wildman–Crippen LogP) is 1.86. The molecule has 0 aromatic rings. The van der Waals surface area contributed by atoms with Gasteiger partial charge in [-0.2, -0.15) is 0 Å². The van der Waals surface area contributed by atoms with Crippen LogP contribution in [-0.4, -0.2) is 37.1 Å². The van der Waals surface area contributed by atoms with Crippen molar-refractivity contribution in [1.82, 2.24) is 10.2 Å². The van der Waals surface area contributed by atoms with Gasteiger partial charge in [0.25, 0.3) is 0 Å². The number of hydrogen-bond donors (Lipinski definition) is 1. The third-order valence-corrected chi connectivity index (χ3v) is 3.87. The van der Waals surface area contributed by atoms with E-state index < -0.39 is 0 Å². The second-order valence-electron chi connectivity index (χ2n) is 5.58. The van der Waals surface area contributed by atoms with Crippen LogP contribution in [0, 0.1) is 5.92 Å². The van der Waals surface area contributed by atoms with E-state index in [2.05, 4.69) is 24.2 Å². The van der Waals surface area contributed by atoms with Gasteiger partial charge >= 0.3 is 0 Å². The number of nitrogens with one attached hydrogen (secondary N) is 1. The molecule has 14 heavy (non-hydrogen) atoms. The van der Waals surface area contributed by atoms with Gasteiger partial charge in [0.2, 0.25) is 0 Å². The minimum Gasteiger partial charge on any atom is -0.310 e. The molecule has 1 unspecified atom stereocenters. The standard InChI is InChI=1S/C12H24N2/c1-12(7-4-8-13-12)10-14(2)9-11-5-3-6-11/h11,13H,3-10H2,1-2H3. The van der Waals surface area contributed by atoms with Crippen LogP contribution in [0.25, 0.3) is 0 Å². The van der Waals surface area contributed by atoms with E-state index in [0.717, 1.165) is 5.92 Å². The van der Waals surface area contributed by atoms with Crippen LogP contribution in [0.5, 0.6) is 0 Å². The van der Waals surface area contributed by atoms with Crippen molar-refractivity contribution in [2.75, 3.05) is 26.7 Å². The molecule has 1 heterocycles. The van der Waals surface area contributed by atoms with Crippen LogP contribution in [0.15, 0.2) is 0 Å². The van der Waals surface area contributed by atoms with Gasteiger partial charge in [-0.15, -0.1) is 0 Å². The highest BCUT2D eigenvalue weighted by Crippen LogP contribution is 2.27. The van der Waals surface area contributed by atoms with Gasteiger partial charge in [0.15, 0.2) is 0 Å². The average molecular weight is 196 g/mol. The number of nitrogens with zero attached hydrogens (tertiary/aromatic N) is 1. The number of hydrogen-bond acceptors (Lipinski definition) is 2. The van der Waals surface area contributed by atoms with Gasteiger partial charge in [0.1, 0.15) is 0 Å². The van der Waals surface area contributed by atoms with Crippen LogP contribution in [0.3, 0.4) is 0 Å². The van der Waals surface area contributed by atoms with Crippen LogP contribution in [0.4, 0.5) is 0 Å². The zero-order valence-corrected chi connectivity index (χ0v) is 9.68. The number of likely N-dealkylation sites (N-methyl/N-ethyl adjacent to an activating group) is 1. The molecule has 0 aromatic heterocycles. The minimum atomic E-state index is 0.401. The Morgan fingerprint density at radius 2 is 2.14 bits per heavy atom. The Hall–Kier alpha value is -0.0800. The van der Waals surface area contributed by atoms with Crippen LogP contribution >= 0.6 is 0 Å². The highest BCUT2D eigenvalue weighted by atomic mass is 15.2. The fourth-order valence-corrected chi connectivity index (χ4v) is 2.87. The molecule has 1 saturated carbocycles. The smallest absolute Gasteiger partial charge is 0.0280 e. The molecule has 1 aliphatic heterocycles. The van der Waals surface area contributed by atoms with Gasteiger partial charge < -0.3 is 10.2 Å². The molecule has 2 aliphatic rings. The summed E-state index contributed by atoms with van der Waals surface area (Å²) in [7, 11) is 2.28. The zero-order chi connectivity index (χ0) is 10.0. The molecule has 0 radical (unpaired) electrons. The third-order valence-electron chi connectivity index (χ3n) is 3.87. The maximum Gasteiger partial charge on any atom is 0.0280 e. The highest BCUT2D eigenvalue weighted by Gasteiger charge is 2.30. The molecule has 2 rings (SSSR count). The van der Waals surface area contributed by atoms with Gasteiger partial charge in [0.05, 0.1) is 0 Å². The van der Waals surface area contributed by atoms with E-state index >= 15 is 0 Å². The second kappa shape index (κ2) is 4.19. The summed E-state index contributed by atoms with van der Waals surface area (Å²) in [5.41, 5.74) is 0.401. The van der Waals surface area contributed by atoms with Gasteiger partial charge in [-0.3, -0.25) is 0 Å². The molecule has 0 bridgehead atoms. The van der Waals surface area contributed by atoms with Crippen molar-refractivity contribution in [3.8, 4) is 0 Å². The molecule has 2 fully saturated rings. The van der Waals surface area contributed by atoms with Crippen LogP contribution < -0.4 is 5.32 Å². The van der Waals surface area contributed by atoms with E-state index in [1.807, 2.05) is 0 Å². The summed E-state index contributed by atoms with van der Waals surface area (Å²) in [4.78, 5) is 2.53. The van der Waals surface area contributed by atoms with E-state index in [1.54, 1.807) is 0 Å². The van der Waals surface area contributed by atoms with E-state index in [-0.39, 0.29) is 0 Å². The van der Waals surface area contributed by atoms with E-state index in [1.165, 1.54) is 51.7 Å². The molecule has 1 aliphatic carbocycles. The molecule has 2 nitrogen and oxygen atoms in total. The topological polar surface area (TPSA) is 15.3 Å². The van der Waals surface area contributed by atoms with Gasteiger partial charge in [-0.05, 0) is 52.1 Å². The first-order valence-electron chi connectivity index (χ1n) is 6.12. The lowest BCUT2D eigenvalue weighted by Gasteiger charge is -2.35. The predicted molar refractivity (Wildman–Crippen MR) is 60.5 cm³/mol. The van der Waals surface area contributed by atoms with E-state index in [0.29, 0.717) is 5.54 Å². The minimum absolute atomic E-state index is 0.401. The summed E-state index contributed by atoms with van der Waals surface area (Å²) in [6, 6.07) is 0. The van der Waals surface area contributed by atoms with Crippen molar-refractivity contribution in [3.63, 3.8) is 0 Å². The first-order chi connectivity index (χ1) is 6.68. The molecular formula is C12H24N2. The molecule has 0 aromatic carbocycles. The van der Waals surface area contributed by atoms with E-state index in [4.69, 9.17) is 0 Å². The zero-order valence-electron chi connectivity index (χ0n) is 9.68. The molecule has 0 spiro atoms. The van der Waals surface area contributed by atoms with Crippen LogP contribution in [0.2, 0.25) is 0 Å². The van der Waals surface area contributed by atoms with Gasteiger partial charge in [-0.25, -0.2) is 0 Å². The first kappa shape index (κ1) is 10.4. The normalized spacial score (nSPS) is 33.6. The fraction of sp³-hybridized carbons (Fsp3) is 1.00. The summed E-state index contributed by atoms with van der Waals surface area (Å²) in [6.07, 6.45) is 7.10. The highest BCUT2D eigenvalue weighted by molar-refractivity contribution is 4.91. The Morgan fingerprint density at radius 1 is 1.36 bits per heavy atom. The van der Waals surface area contributed by atoms with Crippen molar-refractivity contribution >= 4 is 0 Å². The Balaban J connectivity index is 1.72. The van der Waals surface area contributed by atoms with Crippen molar-refractivity contribution in [2.24, 2.45) is 5.92 Å². The Labute approximate surface area is 88.1 Å². The molecular weight excluding hydrogens is 172 g/mol. The Bertz CT molecular complexity index is 181. The molecule has 0 amide bonds. The first-order valence-corrected chi connectivity index (χ1v) is 6.12. The van der Waals surface area contributed by atoms with Crippen LogP contribution in [0.1, 0.15) is 39.0 Å². The summed E-state index contributed by atoms with van der Waals surface area (Å²) < 4.78 is 0. The second-order valence-corrected chi connectivity index (χ2v) is 5.58. The fourth-order valence-electron chi connectivity index (χ4n) is 2.87. The third kappa shape index (κ3) is 2.48. The van der Waals surface area contributed by atoms with Crippen molar-refractivity contribution < 1.29 is 0 Å². The lowest BCUT2D eigenvalue weighted by atomic mass is 9.85. The maximum absolute atomic E-state index is 3.63. The van der Waals surface area contributed by atoms with Crippen molar-refractivity contribution in [2.45, 2.75) is 44.6 Å².